The van der Waals surface area contributed by atoms with E-state index in [0.717, 1.165) is 5.75 Å². The number of hydrogen-bond acceptors (Lipinski definition) is 1. The minimum atomic E-state index is 0. The van der Waals surface area contributed by atoms with E-state index in [1.165, 1.54) is 0 Å². The third-order valence-corrected chi connectivity index (χ3v) is 0.914. The molecule has 0 unspecified atom stereocenters. The van der Waals surface area contributed by atoms with Gasteiger partial charge in [-0.3, -0.25) is 0 Å². The molecule has 0 aromatic heterocycles. The molecular formula is C7H7BrMgO. The summed E-state index contributed by atoms with van der Waals surface area (Å²) < 4.78 is 4.88. The summed E-state index contributed by atoms with van der Waals surface area (Å²) in [5.74, 6) is 0.854. The van der Waals surface area contributed by atoms with Crippen LogP contribution >= 0.6 is 0 Å². The summed E-state index contributed by atoms with van der Waals surface area (Å²) in [6, 6.07) is 10.3. The Morgan fingerprint density at radius 2 is 2.20 bits per heavy atom. The summed E-state index contributed by atoms with van der Waals surface area (Å²) in [6.45, 7) is 0. The van der Waals surface area contributed by atoms with Crippen LogP contribution in [0, 0.1) is 6.07 Å². The van der Waals surface area contributed by atoms with Gasteiger partial charge in [-0.05, 0) is 0 Å². The van der Waals surface area contributed by atoms with Crippen LogP contribution in [0.4, 0.5) is 0 Å². The Morgan fingerprint density at radius 3 is 2.50 bits per heavy atom. The molecule has 0 aliphatic rings. The molecule has 0 fully saturated rings. The summed E-state index contributed by atoms with van der Waals surface area (Å²) in [5, 5.41) is 0. The molecule has 50 valence electrons. The molecule has 0 N–H and O–H groups in total. The zero-order chi connectivity index (χ0) is 5.82. The molecule has 0 saturated heterocycles. The van der Waals surface area contributed by atoms with Gasteiger partial charge >= 0.3 is 23.1 Å². The maximum Gasteiger partial charge on any atom is 2.00 e. The summed E-state index contributed by atoms with van der Waals surface area (Å²) in [5.41, 5.74) is 0. The quantitative estimate of drug-likeness (QED) is 0.390. The number of ether oxygens (including phenoxy) is 1. The van der Waals surface area contributed by atoms with E-state index in [2.05, 4.69) is 6.07 Å². The summed E-state index contributed by atoms with van der Waals surface area (Å²) in [7, 11) is 1.64. The van der Waals surface area contributed by atoms with Crippen molar-refractivity contribution in [1.82, 2.24) is 0 Å². The average Bonchev–Trinajstić information content (AvgIpc) is 1.90. The third-order valence-electron chi connectivity index (χ3n) is 0.914. The summed E-state index contributed by atoms with van der Waals surface area (Å²) >= 11 is 0. The van der Waals surface area contributed by atoms with Gasteiger partial charge in [0.15, 0.2) is 0 Å². The van der Waals surface area contributed by atoms with Crippen LogP contribution in [0.2, 0.25) is 0 Å². The maximum absolute atomic E-state index is 4.88. The van der Waals surface area contributed by atoms with Crippen molar-refractivity contribution in [3.05, 3.63) is 30.3 Å². The second-order valence-corrected chi connectivity index (χ2v) is 1.44. The Bertz CT molecular complexity index is 155. The number of benzene rings is 1. The van der Waals surface area contributed by atoms with E-state index in [9.17, 15) is 0 Å². The van der Waals surface area contributed by atoms with E-state index in [1.54, 1.807) is 13.2 Å². The van der Waals surface area contributed by atoms with Crippen LogP contribution in [0.5, 0.6) is 5.75 Å². The fraction of sp³-hybridized carbons (Fsp3) is 0.143. The molecule has 1 aromatic rings. The van der Waals surface area contributed by atoms with Crippen molar-refractivity contribution < 1.29 is 21.7 Å². The monoisotopic (exact) mass is 210 g/mol. The standard InChI is InChI=1S/C7H7O.BrH.Mg/c1-8-7-5-3-2-4-6-7;;/h2-3,5-6H,1H3;1H;/q-1;;+2/p-1. The van der Waals surface area contributed by atoms with Crippen LogP contribution in [0.25, 0.3) is 0 Å². The van der Waals surface area contributed by atoms with Crippen molar-refractivity contribution in [2.45, 2.75) is 0 Å². The average molecular weight is 211 g/mol. The van der Waals surface area contributed by atoms with E-state index < -0.39 is 0 Å². The van der Waals surface area contributed by atoms with Crippen molar-refractivity contribution in [2.24, 2.45) is 0 Å². The molecule has 0 aliphatic carbocycles. The van der Waals surface area contributed by atoms with Crippen LogP contribution in [-0.2, 0) is 0 Å². The Balaban J connectivity index is 0. The Morgan fingerprint density at radius 1 is 1.50 bits per heavy atom. The fourth-order valence-corrected chi connectivity index (χ4v) is 0.504. The minimum Gasteiger partial charge on any atom is -1.00 e. The first kappa shape index (κ1) is 12.9. The zero-order valence-corrected chi connectivity index (χ0v) is 8.80. The molecule has 0 radical (unpaired) electrons. The molecular weight excluding hydrogens is 204 g/mol. The van der Waals surface area contributed by atoms with Gasteiger partial charge in [-0.25, -0.2) is 0 Å². The molecule has 0 bridgehead atoms. The molecule has 1 rings (SSSR count). The van der Waals surface area contributed by atoms with E-state index >= 15 is 0 Å². The van der Waals surface area contributed by atoms with Crippen LogP contribution in [0.1, 0.15) is 0 Å². The molecule has 1 aromatic carbocycles. The number of methoxy groups -OCH3 is 1. The maximum atomic E-state index is 4.88. The molecule has 10 heavy (non-hydrogen) atoms. The number of rotatable bonds is 1. The van der Waals surface area contributed by atoms with Gasteiger partial charge in [-0.1, -0.05) is 0 Å². The summed E-state index contributed by atoms with van der Waals surface area (Å²) in [6.07, 6.45) is 0. The van der Waals surface area contributed by atoms with E-state index in [1.807, 2.05) is 18.2 Å². The van der Waals surface area contributed by atoms with Gasteiger partial charge in [-0.2, -0.15) is 18.2 Å². The van der Waals surface area contributed by atoms with Gasteiger partial charge in [0.25, 0.3) is 0 Å². The Kier molecular flexibility index (Phi) is 9.51. The molecule has 3 heteroatoms. The second-order valence-electron chi connectivity index (χ2n) is 1.44. The van der Waals surface area contributed by atoms with Crippen molar-refractivity contribution in [1.29, 1.82) is 0 Å². The first-order valence-corrected chi connectivity index (χ1v) is 2.43. The van der Waals surface area contributed by atoms with E-state index in [-0.39, 0.29) is 40.0 Å². The third kappa shape index (κ3) is 4.14. The molecule has 0 saturated carbocycles. The van der Waals surface area contributed by atoms with Gasteiger partial charge in [0.1, 0.15) is 0 Å². The first-order chi connectivity index (χ1) is 3.93. The first-order valence-electron chi connectivity index (χ1n) is 2.43. The summed E-state index contributed by atoms with van der Waals surface area (Å²) in [4.78, 5) is 0. The van der Waals surface area contributed by atoms with Gasteiger partial charge in [-0.15, -0.1) is 12.1 Å². The van der Waals surface area contributed by atoms with Crippen LogP contribution in [0.3, 0.4) is 0 Å². The molecule has 0 spiro atoms. The Labute approximate surface area is 87.7 Å². The van der Waals surface area contributed by atoms with E-state index in [0.29, 0.717) is 0 Å². The van der Waals surface area contributed by atoms with Crippen LogP contribution in [-0.4, -0.2) is 30.2 Å². The topological polar surface area (TPSA) is 9.23 Å². The number of halogens is 1. The zero-order valence-electron chi connectivity index (χ0n) is 5.80. The SMILES string of the molecule is COc1c[c-]ccc1.[Br-].[Mg+2]. The van der Waals surface area contributed by atoms with Gasteiger partial charge in [0, 0.05) is 5.75 Å². The minimum absolute atomic E-state index is 0. The largest absolute Gasteiger partial charge is 2.00 e. The van der Waals surface area contributed by atoms with Crippen LogP contribution < -0.4 is 21.7 Å². The van der Waals surface area contributed by atoms with Crippen molar-refractivity contribution in [3.63, 3.8) is 0 Å². The molecule has 0 amide bonds. The number of hydrogen-bond donors (Lipinski definition) is 0. The van der Waals surface area contributed by atoms with Gasteiger partial charge in [0.05, 0.1) is 7.11 Å². The predicted molar refractivity (Wildman–Crippen MR) is 37.6 cm³/mol. The molecule has 0 aliphatic heterocycles. The smallest absolute Gasteiger partial charge is 1.00 e. The van der Waals surface area contributed by atoms with E-state index in [4.69, 9.17) is 4.74 Å². The van der Waals surface area contributed by atoms with Crippen molar-refractivity contribution in [3.8, 4) is 5.75 Å². The molecule has 0 heterocycles. The van der Waals surface area contributed by atoms with Crippen molar-refractivity contribution >= 4 is 23.1 Å². The van der Waals surface area contributed by atoms with Gasteiger partial charge < -0.3 is 21.7 Å². The molecule has 0 atom stereocenters. The molecule has 1 nitrogen and oxygen atoms in total. The fourth-order valence-electron chi connectivity index (χ4n) is 0.504. The van der Waals surface area contributed by atoms with Gasteiger partial charge in [0.2, 0.25) is 0 Å². The second kappa shape index (κ2) is 7.37. The van der Waals surface area contributed by atoms with Crippen molar-refractivity contribution in [2.75, 3.05) is 7.11 Å². The Hall–Kier alpha value is 0.266. The van der Waals surface area contributed by atoms with Crippen LogP contribution in [0.15, 0.2) is 24.3 Å². The normalized spacial score (nSPS) is 6.90. The predicted octanol–water partition coefficient (Wildman–Crippen LogP) is -1.88.